The molecule has 0 fully saturated rings. The third-order valence-electron chi connectivity index (χ3n) is 2.59. The van der Waals surface area contributed by atoms with Crippen LogP contribution >= 0.6 is 0 Å². The van der Waals surface area contributed by atoms with E-state index in [4.69, 9.17) is 0 Å². The first-order valence-corrected chi connectivity index (χ1v) is 5.23. The molecule has 0 N–H and O–H groups in total. The summed E-state index contributed by atoms with van der Waals surface area (Å²) >= 11 is 0. The van der Waals surface area contributed by atoms with E-state index in [2.05, 4.69) is 10.2 Å². The van der Waals surface area contributed by atoms with Crippen LogP contribution in [-0.4, -0.2) is 14.8 Å². The zero-order valence-electron chi connectivity index (χ0n) is 9.61. The highest BCUT2D eigenvalue weighted by Gasteiger charge is 2.10. The summed E-state index contributed by atoms with van der Waals surface area (Å²) in [6.45, 7) is 3.95. The van der Waals surface area contributed by atoms with E-state index in [1.807, 2.05) is 33.0 Å². The normalized spacial score (nSPS) is 11.1. The van der Waals surface area contributed by atoms with E-state index in [0.29, 0.717) is 5.82 Å². The molecule has 84 valence electrons. The summed E-state index contributed by atoms with van der Waals surface area (Å²) in [6, 6.07) is 5.20. The first-order valence-electron chi connectivity index (χ1n) is 5.23. The molecule has 0 spiro atoms. The van der Waals surface area contributed by atoms with Crippen LogP contribution in [0.5, 0.6) is 0 Å². The topological polar surface area (TPSA) is 30.7 Å². The molecule has 0 bridgehead atoms. The lowest BCUT2D eigenvalue weighted by Crippen LogP contribution is -1.96. The van der Waals surface area contributed by atoms with Crippen LogP contribution in [-0.2, 0) is 7.05 Å². The third-order valence-corrected chi connectivity index (χ3v) is 2.59. The molecule has 0 atom stereocenters. The first-order chi connectivity index (χ1) is 7.59. The van der Waals surface area contributed by atoms with Gasteiger partial charge in [0.1, 0.15) is 12.1 Å². The van der Waals surface area contributed by atoms with Crippen molar-refractivity contribution in [1.29, 1.82) is 0 Å². The average molecular weight is 219 g/mol. The number of rotatable bonds is 2. The number of hydrogen-bond acceptors (Lipinski definition) is 2. The predicted molar refractivity (Wildman–Crippen MR) is 60.5 cm³/mol. The van der Waals surface area contributed by atoms with Gasteiger partial charge in [0.15, 0.2) is 5.82 Å². The van der Waals surface area contributed by atoms with Gasteiger partial charge in [-0.1, -0.05) is 26.0 Å². The van der Waals surface area contributed by atoms with Crippen LogP contribution in [0.4, 0.5) is 4.39 Å². The van der Waals surface area contributed by atoms with Crippen LogP contribution in [0.3, 0.4) is 0 Å². The van der Waals surface area contributed by atoms with Gasteiger partial charge in [-0.05, 0) is 17.5 Å². The van der Waals surface area contributed by atoms with Crippen molar-refractivity contribution in [1.82, 2.24) is 14.8 Å². The van der Waals surface area contributed by atoms with Gasteiger partial charge >= 0.3 is 0 Å². The largest absolute Gasteiger partial charge is 0.317 e. The second-order valence-corrected chi connectivity index (χ2v) is 4.16. The first kappa shape index (κ1) is 10.8. The highest BCUT2D eigenvalue weighted by atomic mass is 19.1. The summed E-state index contributed by atoms with van der Waals surface area (Å²) in [5.74, 6) is 0.679. The van der Waals surface area contributed by atoms with Gasteiger partial charge in [0.05, 0.1) is 0 Å². The number of hydrogen-bond donors (Lipinski definition) is 0. The summed E-state index contributed by atoms with van der Waals surface area (Å²) in [5, 5.41) is 7.72. The Morgan fingerprint density at radius 2 is 2.06 bits per heavy atom. The van der Waals surface area contributed by atoms with Gasteiger partial charge in [0.25, 0.3) is 0 Å². The lowest BCUT2D eigenvalue weighted by Gasteiger charge is -2.08. The van der Waals surface area contributed by atoms with Crippen molar-refractivity contribution in [3.8, 4) is 11.4 Å². The quantitative estimate of drug-likeness (QED) is 0.777. The maximum Gasteiger partial charge on any atom is 0.163 e. The molecule has 0 aliphatic rings. The maximum atomic E-state index is 13.8. The van der Waals surface area contributed by atoms with Gasteiger partial charge in [0, 0.05) is 12.6 Å². The van der Waals surface area contributed by atoms with Gasteiger partial charge in [-0.2, -0.15) is 0 Å². The fourth-order valence-electron chi connectivity index (χ4n) is 1.68. The van der Waals surface area contributed by atoms with Crippen molar-refractivity contribution in [3.63, 3.8) is 0 Å². The van der Waals surface area contributed by atoms with Crippen molar-refractivity contribution in [3.05, 3.63) is 35.9 Å². The minimum atomic E-state index is -0.185. The van der Waals surface area contributed by atoms with E-state index < -0.39 is 0 Å². The van der Waals surface area contributed by atoms with Crippen LogP contribution < -0.4 is 0 Å². The Morgan fingerprint density at radius 3 is 2.56 bits per heavy atom. The van der Waals surface area contributed by atoms with Crippen LogP contribution in [0.25, 0.3) is 11.4 Å². The summed E-state index contributed by atoms with van der Waals surface area (Å²) in [7, 11) is 1.84. The van der Waals surface area contributed by atoms with Crippen molar-refractivity contribution < 1.29 is 4.39 Å². The lowest BCUT2D eigenvalue weighted by atomic mass is 10.0. The molecule has 3 nitrogen and oxygen atoms in total. The van der Waals surface area contributed by atoms with E-state index in [9.17, 15) is 4.39 Å². The SMILES string of the molecule is CC(C)c1ccc(-c2nncn2C)cc1F. The van der Waals surface area contributed by atoms with Gasteiger partial charge in [-0.15, -0.1) is 10.2 Å². The van der Waals surface area contributed by atoms with Crippen LogP contribution in [0.15, 0.2) is 24.5 Å². The Bertz CT molecular complexity index is 503. The highest BCUT2D eigenvalue weighted by Crippen LogP contribution is 2.23. The Kier molecular flexibility index (Phi) is 2.73. The lowest BCUT2D eigenvalue weighted by molar-refractivity contribution is 0.598. The smallest absolute Gasteiger partial charge is 0.163 e. The van der Waals surface area contributed by atoms with Gasteiger partial charge in [-0.25, -0.2) is 4.39 Å². The second kappa shape index (κ2) is 4.04. The Balaban J connectivity index is 2.46. The van der Waals surface area contributed by atoms with E-state index in [1.165, 1.54) is 6.07 Å². The molecule has 2 aromatic rings. The summed E-state index contributed by atoms with van der Waals surface area (Å²) in [5.41, 5.74) is 1.48. The molecule has 1 heterocycles. The minimum absolute atomic E-state index is 0.185. The molecule has 0 saturated heterocycles. The van der Waals surface area contributed by atoms with Crippen LogP contribution in [0.1, 0.15) is 25.3 Å². The molecule has 0 saturated carbocycles. The Labute approximate surface area is 93.9 Å². The molecule has 0 aliphatic heterocycles. The van der Waals surface area contributed by atoms with Crippen molar-refractivity contribution in [2.45, 2.75) is 19.8 Å². The molecule has 0 unspecified atom stereocenters. The van der Waals surface area contributed by atoms with Gasteiger partial charge in [0.2, 0.25) is 0 Å². The third kappa shape index (κ3) is 1.83. The van der Waals surface area contributed by atoms with E-state index >= 15 is 0 Å². The molecule has 0 aliphatic carbocycles. The second-order valence-electron chi connectivity index (χ2n) is 4.16. The van der Waals surface area contributed by atoms with Crippen molar-refractivity contribution >= 4 is 0 Å². The number of nitrogens with zero attached hydrogens (tertiary/aromatic N) is 3. The molecular formula is C12H14FN3. The summed E-state index contributed by atoms with van der Waals surface area (Å²) in [6.07, 6.45) is 1.60. The fourth-order valence-corrected chi connectivity index (χ4v) is 1.68. The summed E-state index contributed by atoms with van der Waals surface area (Å²) in [4.78, 5) is 0. The van der Waals surface area contributed by atoms with Crippen LogP contribution in [0, 0.1) is 5.82 Å². The van der Waals surface area contributed by atoms with E-state index in [1.54, 1.807) is 10.9 Å². The highest BCUT2D eigenvalue weighted by molar-refractivity contribution is 5.55. The van der Waals surface area contributed by atoms with E-state index in [0.717, 1.165) is 11.1 Å². The zero-order valence-corrected chi connectivity index (χ0v) is 9.61. The average Bonchev–Trinajstić information content (AvgIpc) is 2.63. The number of halogens is 1. The van der Waals surface area contributed by atoms with Crippen molar-refractivity contribution in [2.24, 2.45) is 7.05 Å². The standard InChI is InChI=1S/C12H14FN3/c1-8(2)10-5-4-9(6-11(10)13)12-15-14-7-16(12)3/h4-8H,1-3H3. The monoisotopic (exact) mass is 219 g/mol. The Hall–Kier alpha value is -1.71. The summed E-state index contributed by atoms with van der Waals surface area (Å²) < 4.78 is 15.5. The van der Waals surface area contributed by atoms with Crippen molar-refractivity contribution in [2.75, 3.05) is 0 Å². The molecule has 4 heteroatoms. The predicted octanol–water partition coefficient (Wildman–Crippen LogP) is 2.74. The fraction of sp³-hybridized carbons (Fsp3) is 0.333. The van der Waals surface area contributed by atoms with Gasteiger partial charge < -0.3 is 4.57 Å². The number of benzene rings is 1. The van der Waals surface area contributed by atoms with Gasteiger partial charge in [-0.3, -0.25) is 0 Å². The van der Waals surface area contributed by atoms with E-state index in [-0.39, 0.29) is 11.7 Å². The molecule has 1 aromatic carbocycles. The van der Waals surface area contributed by atoms with Crippen LogP contribution in [0.2, 0.25) is 0 Å². The molecule has 16 heavy (non-hydrogen) atoms. The molecule has 2 rings (SSSR count). The Morgan fingerprint density at radius 1 is 1.31 bits per heavy atom. The minimum Gasteiger partial charge on any atom is -0.317 e. The number of aromatic nitrogens is 3. The molecule has 0 amide bonds. The molecule has 1 aromatic heterocycles. The maximum absolute atomic E-state index is 13.8. The zero-order chi connectivity index (χ0) is 11.7. The number of aryl methyl sites for hydroxylation is 1. The molecular weight excluding hydrogens is 205 g/mol. The molecule has 0 radical (unpaired) electrons.